The molecule has 0 radical (unpaired) electrons. The third-order valence-electron chi connectivity index (χ3n) is 3.38. The predicted molar refractivity (Wildman–Crippen MR) is 84.3 cm³/mol. The maximum atomic E-state index is 4.85. The van der Waals surface area contributed by atoms with E-state index in [1.807, 2.05) is 11.8 Å². The number of nitrogens with one attached hydrogen (secondary N) is 1. The molecule has 1 aromatic heterocycles. The molecule has 1 aliphatic heterocycles. The molecule has 0 spiro atoms. The molecule has 0 unspecified atom stereocenters. The molecular weight excluding hydrogens is 254 g/mol. The summed E-state index contributed by atoms with van der Waals surface area (Å²) < 4.78 is 0. The highest BCUT2D eigenvalue weighted by molar-refractivity contribution is 8.14. The second kappa shape index (κ2) is 5.39. The number of para-hydroxylation sites is 1. The van der Waals surface area contributed by atoms with E-state index in [0.717, 1.165) is 18.7 Å². The first-order chi connectivity index (χ1) is 9.22. The Morgan fingerprint density at radius 3 is 3.00 bits per heavy atom. The van der Waals surface area contributed by atoms with Gasteiger partial charge < -0.3 is 9.88 Å². The van der Waals surface area contributed by atoms with Crippen molar-refractivity contribution < 1.29 is 0 Å². The van der Waals surface area contributed by atoms with Gasteiger partial charge in [-0.2, -0.15) is 0 Å². The molecule has 4 heteroatoms. The van der Waals surface area contributed by atoms with Crippen LogP contribution in [0.25, 0.3) is 10.9 Å². The number of aromatic amines is 1. The van der Waals surface area contributed by atoms with Gasteiger partial charge in [0.2, 0.25) is 0 Å². The van der Waals surface area contributed by atoms with Crippen LogP contribution in [-0.2, 0) is 0 Å². The number of fused-ring (bicyclic) bond motifs is 1. The van der Waals surface area contributed by atoms with E-state index < -0.39 is 0 Å². The molecule has 100 valence electrons. The van der Waals surface area contributed by atoms with Crippen molar-refractivity contribution in [2.75, 3.05) is 26.4 Å². The summed E-state index contributed by atoms with van der Waals surface area (Å²) in [5.41, 5.74) is 2.36. The van der Waals surface area contributed by atoms with E-state index in [0.29, 0.717) is 6.04 Å². The Bertz CT molecular complexity index is 567. The Kier molecular flexibility index (Phi) is 3.62. The summed E-state index contributed by atoms with van der Waals surface area (Å²) in [5, 5.41) is 2.43. The van der Waals surface area contributed by atoms with Gasteiger partial charge in [0, 0.05) is 16.7 Å². The van der Waals surface area contributed by atoms with Crippen LogP contribution in [0, 0.1) is 0 Å². The normalized spacial score (nSPS) is 19.3. The molecule has 1 aliphatic rings. The van der Waals surface area contributed by atoms with E-state index in [2.05, 4.69) is 54.3 Å². The highest BCUT2D eigenvalue weighted by Crippen LogP contribution is 2.26. The van der Waals surface area contributed by atoms with Crippen LogP contribution in [0.2, 0.25) is 0 Å². The first-order valence-electron chi connectivity index (χ1n) is 6.66. The molecule has 0 saturated carbocycles. The molecule has 0 fully saturated rings. The van der Waals surface area contributed by atoms with E-state index >= 15 is 0 Å². The minimum absolute atomic E-state index is 0.466. The van der Waals surface area contributed by atoms with Crippen LogP contribution in [0.4, 0.5) is 0 Å². The molecule has 3 rings (SSSR count). The summed E-state index contributed by atoms with van der Waals surface area (Å²) in [5.74, 6) is 1.11. The van der Waals surface area contributed by atoms with Crippen molar-refractivity contribution in [2.24, 2.45) is 4.99 Å². The minimum Gasteiger partial charge on any atom is -0.353 e. The van der Waals surface area contributed by atoms with Crippen LogP contribution in [0.3, 0.4) is 0 Å². The van der Waals surface area contributed by atoms with Crippen LogP contribution in [0.15, 0.2) is 35.3 Å². The zero-order valence-corrected chi connectivity index (χ0v) is 12.2. The van der Waals surface area contributed by atoms with Crippen molar-refractivity contribution >= 4 is 27.7 Å². The lowest BCUT2D eigenvalue weighted by Gasteiger charge is -2.11. The summed E-state index contributed by atoms with van der Waals surface area (Å²) >= 11 is 1.87. The molecule has 3 nitrogen and oxygen atoms in total. The Morgan fingerprint density at radius 1 is 1.37 bits per heavy atom. The van der Waals surface area contributed by atoms with Gasteiger partial charge in [0.05, 0.1) is 11.7 Å². The molecular formula is C15H19N3S. The summed E-state index contributed by atoms with van der Waals surface area (Å²) in [6, 6.07) is 11.1. The average Bonchev–Trinajstić information content (AvgIpc) is 3.02. The number of rotatable bonds is 4. The molecule has 0 aliphatic carbocycles. The maximum Gasteiger partial charge on any atom is 0.114 e. The minimum atomic E-state index is 0.466. The molecule has 0 saturated heterocycles. The van der Waals surface area contributed by atoms with Crippen molar-refractivity contribution in [1.29, 1.82) is 0 Å². The van der Waals surface area contributed by atoms with Gasteiger partial charge >= 0.3 is 0 Å². The maximum absolute atomic E-state index is 4.85. The largest absolute Gasteiger partial charge is 0.353 e. The number of benzene rings is 1. The Morgan fingerprint density at radius 2 is 2.21 bits per heavy atom. The molecule has 1 atom stereocenters. The van der Waals surface area contributed by atoms with E-state index in [1.54, 1.807) is 0 Å². The molecule has 1 aromatic carbocycles. The van der Waals surface area contributed by atoms with Crippen LogP contribution in [0.5, 0.6) is 0 Å². The van der Waals surface area contributed by atoms with E-state index in [-0.39, 0.29) is 0 Å². The monoisotopic (exact) mass is 273 g/mol. The summed E-state index contributed by atoms with van der Waals surface area (Å²) in [7, 11) is 4.23. The quantitative estimate of drug-likeness (QED) is 0.928. The lowest BCUT2D eigenvalue weighted by molar-refractivity contribution is 0.388. The number of aliphatic imine (C=N–C) groups is 1. The highest BCUT2D eigenvalue weighted by Gasteiger charge is 2.20. The fourth-order valence-corrected chi connectivity index (χ4v) is 3.39. The second-order valence-electron chi connectivity index (χ2n) is 5.26. The molecule has 0 bridgehead atoms. The summed E-state index contributed by atoms with van der Waals surface area (Å²) in [6.45, 7) is 1.11. The SMILES string of the molecule is CN(C)CC[C@@H]1CSC(c2cc3ccccc3[nH]2)=N1. The number of H-pyrrole nitrogens is 1. The number of aromatic nitrogens is 1. The van der Waals surface area contributed by atoms with Gasteiger partial charge in [-0.3, -0.25) is 4.99 Å². The van der Waals surface area contributed by atoms with Gasteiger partial charge in [-0.1, -0.05) is 18.2 Å². The topological polar surface area (TPSA) is 31.4 Å². The van der Waals surface area contributed by atoms with Crippen molar-refractivity contribution in [3.63, 3.8) is 0 Å². The third kappa shape index (κ3) is 2.85. The van der Waals surface area contributed by atoms with Crippen molar-refractivity contribution in [1.82, 2.24) is 9.88 Å². The Labute approximate surface area is 118 Å². The van der Waals surface area contributed by atoms with Gasteiger partial charge in [-0.05, 0) is 39.2 Å². The lowest BCUT2D eigenvalue weighted by atomic mass is 10.2. The van der Waals surface area contributed by atoms with Crippen molar-refractivity contribution in [2.45, 2.75) is 12.5 Å². The van der Waals surface area contributed by atoms with E-state index in [9.17, 15) is 0 Å². The first kappa shape index (κ1) is 12.8. The van der Waals surface area contributed by atoms with E-state index in [1.165, 1.54) is 21.6 Å². The molecule has 2 aromatic rings. The van der Waals surface area contributed by atoms with Crippen LogP contribution < -0.4 is 0 Å². The summed E-state index contributed by atoms with van der Waals surface area (Å²) in [6.07, 6.45) is 1.14. The van der Waals surface area contributed by atoms with E-state index in [4.69, 9.17) is 4.99 Å². The highest BCUT2D eigenvalue weighted by atomic mass is 32.2. The number of nitrogens with zero attached hydrogens (tertiary/aromatic N) is 2. The number of hydrogen-bond acceptors (Lipinski definition) is 3. The van der Waals surface area contributed by atoms with Gasteiger partial charge in [-0.25, -0.2) is 0 Å². The molecule has 0 amide bonds. The molecule has 2 heterocycles. The van der Waals surface area contributed by atoms with Crippen LogP contribution >= 0.6 is 11.8 Å². The number of hydrogen-bond donors (Lipinski definition) is 1. The van der Waals surface area contributed by atoms with Crippen LogP contribution in [0.1, 0.15) is 12.1 Å². The number of thioether (sulfide) groups is 1. The fourth-order valence-electron chi connectivity index (χ4n) is 2.31. The van der Waals surface area contributed by atoms with Crippen molar-refractivity contribution in [3.8, 4) is 0 Å². The fraction of sp³-hybridized carbons (Fsp3) is 0.400. The van der Waals surface area contributed by atoms with Gasteiger partial charge in [0.25, 0.3) is 0 Å². The van der Waals surface area contributed by atoms with Gasteiger partial charge in [-0.15, -0.1) is 11.8 Å². The average molecular weight is 273 g/mol. The molecule has 19 heavy (non-hydrogen) atoms. The zero-order valence-electron chi connectivity index (χ0n) is 11.4. The second-order valence-corrected chi connectivity index (χ2v) is 6.27. The van der Waals surface area contributed by atoms with Crippen molar-refractivity contribution in [3.05, 3.63) is 36.0 Å². The standard InChI is InChI=1S/C15H19N3S/c1-18(2)8-7-12-10-19-15(16-12)14-9-11-5-3-4-6-13(11)17-14/h3-6,9,12,17H,7-8,10H2,1-2H3/t12-/m1/s1. The molecule has 1 N–H and O–H groups in total. The first-order valence-corrected chi connectivity index (χ1v) is 7.64. The van der Waals surface area contributed by atoms with Crippen LogP contribution in [-0.4, -0.2) is 47.4 Å². The Balaban J connectivity index is 1.77. The predicted octanol–water partition coefficient (Wildman–Crippen LogP) is 2.98. The van der Waals surface area contributed by atoms with Gasteiger partial charge in [0.15, 0.2) is 0 Å². The third-order valence-corrected chi connectivity index (χ3v) is 4.53. The smallest absolute Gasteiger partial charge is 0.114 e. The van der Waals surface area contributed by atoms with Gasteiger partial charge in [0.1, 0.15) is 5.04 Å². The Hall–Kier alpha value is -1.26. The zero-order chi connectivity index (χ0) is 13.2. The summed E-state index contributed by atoms with van der Waals surface area (Å²) in [4.78, 5) is 10.5. The lowest BCUT2D eigenvalue weighted by Crippen LogP contribution is -2.18.